The average Bonchev–Trinajstić information content (AvgIpc) is 2.40. The lowest BCUT2D eigenvalue weighted by molar-refractivity contribution is 0.971. The highest BCUT2D eigenvalue weighted by atomic mass is 16.1. The van der Waals surface area contributed by atoms with Gasteiger partial charge in [0.15, 0.2) is 0 Å². The van der Waals surface area contributed by atoms with Crippen molar-refractivity contribution in [1.29, 1.82) is 5.26 Å². The third kappa shape index (κ3) is 3.45. The summed E-state index contributed by atoms with van der Waals surface area (Å²) in [6, 6.07) is 9.77. The van der Waals surface area contributed by atoms with E-state index in [4.69, 9.17) is 5.26 Å². The van der Waals surface area contributed by atoms with Gasteiger partial charge in [0.2, 0.25) is 0 Å². The summed E-state index contributed by atoms with van der Waals surface area (Å²) in [6.45, 7) is 4.81. The lowest BCUT2D eigenvalue weighted by atomic mass is 10.0. The van der Waals surface area contributed by atoms with Crippen LogP contribution >= 0.6 is 0 Å². The van der Waals surface area contributed by atoms with Gasteiger partial charge in [-0.3, -0.25) is 4.98 Å². The zero-order valence-corrected chi connectivity index (χ0v) is 11.5. The molecule has 2 N–H and O–H groups in total. The van der Waals surface area contributed by atoms with Crippen molar-refractivity contribution >= 4 is 5.82 Å². The summed E-state index contributed by atoms with van der Waals surface area (Å²) in [4.78, 5) is 17.4. The smallest absolute Gasteiger partial charge is 0.347 e. The lowest BCUT2D eigenvalue weighted by Crippen LogP contribution is -2.16. The van der Waals surface area contributed by atoms with Crippen LogP contribution in [0.15, 0.2) is 29.1 Å². The predicted molar refractivity (Wildman–Crippen MR) is 77.7 cm³/mol. The third-order valence-electron chi connectivity index (χ3n) is 3.06. The SMILES string of the molecule is Cc1ccc(CCNc2cc(C#N)[nH]c(=O)n2)c(C)c1. The van der Waals surface area contributed by atoms with Crippen LogP contribution in [0.2, 0.25) is 0 Å². The minimum atomic E-state index is -0.516. The van der Waals surface area contributed by atoms with Crippen molar-refractivity contribution in [3.63, 3.8) is 0 Å². The van der Waals surface area contributed by atoms with Gasteiger partial charge < -0.3 is 5.32 Å². The first-order valence-corrected chi connectivity index (χ1v) is 6.40. The second-order valence-electron chi connectivity index (χ2n) is 4.70. The number of hydrogen-bond acceptors (Lipinski definition) is 4. The van der Waals surface area contributed by atoms with Crippen LogP contribution in [0.25, 0.3) is 0 Å². The number of benzene rings is 1. The molecule has 0 saturated heterocycles. The number of aryl methyl sites for hydroxylation is 2. The first-order chi connectivity index (χ1) is 9.58. The first-order valence-electron chi connectivity index (χ1n) is 6.40. The number of nitrogens with zero attached hydrogens (tertiary/aromatic N) is 2. The number of aromatic nitrogens is 2. The Labute approximate surface area is 117 Å². The minimum absolute atomic E-state index is 0.207. The Kier molecular flexibility index (Phi) is 4.16. The average molecular weight is 268 g/mol. The summed E-state index contributed by atoms with van der Waals surface area (Å²) in [6.07, 6.45) is 0.836. The molecule has 2 rings (SSSR count). The molecule has 5 nitrogen and oxygen atoms in total. The van der Waals surface area contributed by atoms with Crippen molar-refractivity contribution in [1.82, 2.24) is 9.97 Å². The molecular weight excluding hydrogens is 252 g/mol. The largest absolute Gasteiger partial charge is 0.369 e. The van der Waals surface area contributed by atoms with E-state index in [1.54, 1.807) is 0 Å². The monoisotopic (exact) mass is 268 g/mol. The highest BCUT2D eigenvalue weighted by molar-refractivity contribution is 5.39. The van der Waals surface area contributed by atoms with Crippen LogP contribution in [-0.2, 0) is 6.42 Å². The van der Waals surface area contributed by atoms with E-state index in [2.05, 4.69) is 47.3 Å². The van der Waals surface area contributed by atoms with E-state index in [-0.39, 0.29) is 5.69 Å². The molecule has 20 heavy (non-hydrogen) atoms. The summed E-state index contributed by atoms with van der Waals surface area (Å²) in [5.74, 6) is 0.426. The normalized spacial score (nSPS) is 10.1. The van der Waals surface area contributed by atoms with Crippen LogP contribution in [0.1, 0.15) is 22.4 Å². The standard InChI is InChI=1S/C15H16N4O/c1-10-3-4-12(11(2)7-10)5-6-17-14-8-13(9-16)18-15(20)19-14/h3-4,7-8H,5-6H2,1-2H3,(H2,17,18,19,20). The van der Waals surface area contributed by atoms with Gasteiger partial charge in [-0.05, 0) is 31.4 Å². The molecule has 0 fully saturated rings. The van der Waals surface area contributed by atoms with Crippen LogP contribution < -0.4 is 11.0 Å². The van der Waals surface area contributed by atoms with Crippen molar-refractivity contribution < 1.29 is 0 Å². The van der Waals surface area contributed by atoms with Gasteiger partial charge in [-0.1, -0.05) is 23.8 Å². The molecule has 0 aliphatic carbocycles. The molecular formula is C15H16N4O. The minimum Gasteiger partial charge on any atom is -0.369 e. The number of nitriles is 1. The Morgan fingerprint density at radius 3 is 2.85 bits per heavy atom. The Morgan fingerprint density at radius 2 is 2.15 bits per heavy atom. The third-order valence-corrected chi connectivity index (χ3v) is 3.06. The van der Waals surface area contributed by atoms with Crippen LogP contribution in [0.3, 0.4) is 0 Å². The Morgan fingerprint density at radius 1 is 1.35 bits per heavy atom. The Balaban J connectivity index is 2.01. The van der Waals surface area contributed by atoms with Crippen LogP contribution in [0, 0.1) is 25.2 Å². The van der Waals surface area contributed by atoms with Crippen LogP contribution in [0.4, 0.5) is 5.82 Å². The molecule has 1 aromatic carbocycles. The summed E-state index contributed by atoms with van der Waals surface area (Å²) in [5, 5.41) is 11.8. The van der Waals surface area contributed by atoms with Crippen LogP contribution in [0.5, 0.6) is 0 Å². The highest BCUT2D eigenvalue weighted by Crippen LogP contribution is 2.11. The van der Waals surface area contributed by atoms with Crippen molar-refractivity contribution in [2.24, 2.45) is 0 Å². The molecule has 0 aliphatic heterocycles. The fraction of sp³-hybridized carbons (Fsp3) is 0.267. The fourth-order valence-electron chi connectivity index (χ4n) is 2.06. The molecule has 0 aliphatic rings. The zero-order chi connectivity index (χ0) is 14.5. The van der Waals surface area contributed by atoms with Gasteiger partial charge in [0.1, 0.15) is 17.6 Å². The van der Waals surface area contributed by atoms with E-state index < -0.39 is 5.69 Å². The maximum Gasteiger partial charge on any atom is 0.347 e. The van der Waals surface area contributed by atoms with E-state index >= 15 is 0 Å². The van der Waals surface area contributed by atoms with E-state index in [0.29, 0.717) is 12.4 Å². The van der Waals surface area contributed by atoms with Gasteiger partial charge in [0, 0.05) is 12.6 Å². The van der Waals surface area contributed by atoms with Gasteiger partial charge in [-0.15, -0.1) is 0 Å². The highest BCUT2D eigenvalue weighted by Gasteiger charge is 2.01. The molecule has 0 radical (unpaired) electrons. The number of aromatic amines is 1. The van der Waals surface area contributed by atoms with Crippen molar-refractivity contribution in [3.8, 4) is 6.07 Å². The van der Waals surface area contributed by atoms with Crippen molar-refractivity contribution in [3.05, 3.63) is 57.1 Å². The molecule has 1 heterocycles. The van der Waals surface area contributed by atoms with E-state index in [1.165, 1.54) is 22.8 Å². The predicted octanol–water partition coefficient (Wildman–Crippen LogP) is 1.91. The molecule has 102 valence electrons. The molecule has 0 spiro atoms. The van der Waals surface area contributed by atoms with E-state index in [0.717, 1.165) is 6.42 Å². The fourth-order valence-corrected chi connectivity index (χ4v) is 2.06. The maximum atomic E-state index is 11.2. The second-order valence-corrected chi connectivity index (χ2v) is 4.70. The number of hydrogen-bond donors (Lipinski definition) is 2. The number of anilines is 1. The summed E-state index contributed by atoms with van der Waals surface area (Å²) in [5.41, 5.74) is 3.45. The number of rotatable bonds is 4. The molecule has 0 saturated carbocycles. The summed E-state index contributed by atoms with van der Waals surface area (Å²) in [7, 11) is 0. The van der Waals surface area contributed by atoms with Gasteiger partial charge in [-0.25, -0.2) is 4.79 Å². The molecule has 0 amide bonds. The van der Waals surface area contributed by atoms with Gasteiger partial charge in [0.05, 0.1) is 0 Å². The molecule has 1 aromatic heterocycles. The molecule has 0 atom stereocenters. The number of nitrogens with one attached hydrogen (secondary N) is 2. The Bertz CT molecular complexity index is 713. The molecule has 5 heteroatoms. The summed E-state index contributed by atoms with van der Waals surface area (Å²) < 4.78 is 0. The zero-order valence-electron chi connectivity index (χ0n) is 11.5. The molecule has 0 unspecified atom stereocenters. The van der Waals surface area contributed by atoms with Crippen LogP contribution in [-0.4, -0.2) is 16.5 Å². The second kappa shape index (κ2) is 6.02. The summed E-state index contributed by atoms with van der Waals surface area (Å²) >= 11 is 0. The van der Waals surface area contributed by atoms with Gasteiger partial charge in [-0.2, -0.15) is 10.2 Å². The van der Waals surface area contributed by atoms with Crippen molar-refractivity contribution in [2.45, 2.75) is 20.3 Å². The van der Waals surface area contributed by atoms with E-state index in [1.807, 2.05) is 6.07 Å². The maximum absolute atomic E-state index is 11.2. The Hall–Kier alpha value is -2.61. The first kappa shape index (κ1) is 13.8. The van der Waals surface area contributed by atoms with E-state index in [9.17, 15) is 4.79 Å². The van der Waals surface area contributed by atoms with Gasteiger partial charge in [0.25, 0.3) is 0 Å². The molecule has 2 aromatic rings. The van der Waals surface area contributed by atoms with Gasteiger partial charge >= 0.3 is 5.69 Å². The van der Waals surface area contributed by atoms with Crippen molar-refractivity contribution in [2.75, 3.05) is 11.9 Å². The molecule has 0 bridgehead atoms. The quantitative estimate of drug-likeness (QED) is 0.887. The number of H-pyrrole nitrogens is 1. The lowest BCUT2D eigenvalue weighted by Gasteiger charge is -2.08. The topological polar surface area (TPSA) is 81.6 Å².